The van der Waals surface area contributed by atoms with Crippen LogP contribution in [0, 0.1) is 13.8 Å². The predicted octanol–water partition coefficient (Wildman–Crippen LogP) is 0.933. The van der Waals surface area contributed by atoms with Crippen molar-refractivity contribution in [2.75, 3.05) is 11.9 Å². The Labute approximate surface area is 158 Å². The summed E-state index contributed by atoms with van der Waals surface area (Å²) in [5.74, 6) is -0.798. The summed E-state index contributed by atoms with van der Waals surface area (Å²) in [6, 6.07) is 7.87. The minimum atomic E-state index is -0.798. The number of aromatic nitrogens is 1. The first-order valence-corrected chi connectivity index (χ1v) is 7.54. The van der Waals surface area contributed by atoms with Crippen LogP contribution in [0.4, 0.5) is 5.69 Å². The van der Waals surface area contributed by atoms with Crippen molar-refractivity contribution >= 4 is 35.1 Å². The normalized spacial score (nSPS) is 10.5. The van der Waals surface area contributed by atoms with Crippen molar-refractivity contribution in [1.29, 1.82) is 0 Å². The predicted molar refractivity (Wildman–Crippen MR) is 88.8 cm³/mol. The maximum absolute atomic E-state index is 10.5. The first-order chi connectivity index (χ1) is 10.0. The van der Waals surface area contributed by atoms with Gasteiger partial charge in [0.2, 0.25) is 0 Å². The van der Waals surface area contributed by atoms with Gasteiger partial charge in [0, 0.05) is 17.1 Å². The Morgan fingerprint density at radius 3 is 2.82 bits per heavy atom. The number of anilines is 1. The van der Waals surface area contributed by atoms with E-state index in [9.17, 15) is 4.79 Å². The van der Waals surface area contributed by atoms with Crippen molar-refractivity contribution in [2.45, 2.75) is 20.3 Å². The number of nitrogens with zero attached hydrogens (tertiary/aromatic N) is 1. The Balaban J connectivity index is 0.00000242. The molecule has 2 aromatic rings. The SMILES string of the molecule is Cc1nc(/C=C/c2cccc(NCCC(=O)O)c2)sc1C.[H-].[Na+]. The number of carbonyl (C=O) groups is 1. The number of hydrogen-bond donors (Lipinski definition) is 2. The molecule has 0 atom stereocenters. The molecule has 1 heterocycles. The molecule has 22 heavy (non-hydrogen) atoms. The fourth-order valence-corrected chi connectivity index (χ4v) is 2.63. The van der Waals surface area contributed by atoms with Gasteiger partial charge in [-0.15, -0.1) is 11.3 Å². The second-order valence-electron chi connectivity index (χ2n) is 4.72. The van der Waals surface area contributed by atoms with Gasteiger partial charge in [0.1, 0.15) is 5.01 Å². The maximum Gasteiger partial charge on any atom is 1.00 e. The molecule has 0 spiro atoms. The van der Waals surface area contributed by atoms with Crippen molar-refractivity contribution in [3.05, 3.63) is 45.4 Å². The number of thiazole rings is 1. The van der Waals surface area contributed by atoms with Crippen LogP contribution in [0.2, 0.25) is 0 Å². The van der Waals surface area contributed by atoms with Gasteiger partial charge < -0.3 is 11.8 Å². The Kier molecular flexibility index (Phi) is 7.82. The zero-order valence-electron chi connectivity index (χ0n) is 14.1. The van der Waals surface area contributed by atoms with Gasteiger partial charge in [-0.2, -0.15) is 0 Å². The molecule has 2 rings (SSSR count). The second-order valence-corrected chi connectivity index (χ2v) is 5.96. The van der Waals surface area contributed by atoms with E-state index in [1.165, 1.54) is 4.88 Å². The number of benzene rings is 1. The molecular weight excluding hydrogens is 307 g/mol. The van der Waals surface area contributed by atoms with E-state index < -0.39 is 5.97 Å². The van der Waals surface area contributed by atoms with Crippen LogP contribution >= 0.6 is 11.3 Å². The molecule has 0 aliphatic heterocycles. The molecule has 0 bridgehead atoms. The maximum atomic E-state index is 10.5. The molecule has 0 radical (unpaired) electrons. The summed E-state index contributed by atoms with van der Waals surface area (Å²) >= 11 is 1.68. The zero-order valence-corrected chi connectivity index (χ0v) is 15.9. The van der Waals surface area contributed by atoms with Gasteiger partial charge in [0.25, 0.3) is 0 Å². The molecule has 0 saturated heterocycles. The van der Waals surface area contributed by atoms with Gasteiger partial charge in [-0.1, -0.05) is 18.2 Å². The van der Waals surface area contributed by atoms with Crippen molar-refractivity contribution in [3.63, 3.8) is 0 Å². The van der Waals surface area contributed by atoms with Crippen LogP contribution < -0.4 is 34.9 Å². The molecule has 1 aromatic heterocycles. The summed E-state index contributed by atoms with van der Waals surface area (Å²) in [7, 11) is 0. The van der Waals surface area contributed by atoms with Crippen LogP contribution in [0.25, 0.3) is 12.2 Å². The van der Waals surface area contributed by atoms with E-state index in [-0.39, 0.29) is 37.4 Å². The molecule has 0 saturated carbocycles. The first-order valence-electron chi connectivity index (χ1n) is 6.72. The summed E-state index contributed by atoms with van der Waals surface area (Å²) in [4.78, 5) is 16.2. The number of aryl methyl sites for hydroxylation is 2. The molecule has 0 unspecified atom stereocenters. The van der Waals surface area contributed by atoms with Crippen molar-refractivity contribution in [3.8, 4) is 0 Å². The van der Waals surface area contributed by atoms with E-state index in [1.807, 2.05) is 43.3 Å². The zero-order chi connectivity index (χ0) is 15.2. The van der Waals surface area contributed by atoms with Crippen molar-refractivity contribution in [2.24, 2.45) is 0 Å². The van der Waals surface area contributed by atoms with Crippen molar-refractivity contribution < 1.29 is 40.9 Å². The topological polar surface area (TPSA) is 62.2 Å². The summed E-state index contributed by atoms with van der Waals surface area (Å²) in [5, 5.41) is 12.7. The van der Waals surface area contributed by atoms with Crippen LogP contribution in [-0.2, 0) is 4.79 Å². The number of rotatable bonds is 6. The number of carboxylic acid groups (broad SMARTS) is 1. The molecule has 0 amide bonds. The van der Waals surface area contributed by atoms with Crippen LogP contribution in [0.3, 0.4) is 0 Å². The summed E-state index contributed by atoms with van der Waals surface area (Å²) < 4.78 is 0. The van der Waals surface area contributed by atoms with E-state index in [0.29, 0.717) is 6.54 Å². The summed E-state index contributed by atoms with van der Waals surface area (Å²) in [5.41, 5.74) is 3.05. The molecule has 0 aliphatic carbocycles. The molecule has 2 N–H and O–H groups in total. The molecule has 0 fully saturated rings. The molecular formula is C16H19N2NaO2S. The third-order valence-corrected chi connectivity index (χ3v) is 4.06. The second kappa shape index (κ2) is 9.10. The number of carboxylic acids is 1. The van der Waals surface area contributed by atoms with Crippen LogP contribution in [0.15, 0.2) is 24.3 Å². The van der Waals surface area contributed by atoms with Gasteiger partial charge in [0.15, 0.2) is 0 Å². The quantitative estimate of drug-likeness (QED) is 0.776. The average Bonchev–Trinajstić information content (AvgIpc) is 2.76. The Morgan fingerprint density at radius 2 is 2.18 bits per heavy atom. The van der Waals surface area contributed by atoms with Crippen LogP contribution in [0.1, 0.15) is 29.0 Å². The Hall–Kier alpha value is -1.14. The standard InChI is InChI=1S/C16H18N2O2S.Na.H/c1-11-12(2)21-15(18-11)7-6-13-4-3-5-14(10-13)17-9-8-16(19)20;;/h3-7,10,17H,8-9H2,1-2H3,(H,19,20);;/q;+1;-1/b7-6+;;. The van der Waals surface area contributed by atoms with E-state index >= 15 is 0 Å². The van der Waals surface area contributed by atoms with Crippen molar-refractivity contribution in [1.82, 2.24) is 4.98 Å². The molecule has 1 aromatic carbocycles. The third-order valence-electron chi connectivity index (χ3n) is 3.02. The minimum Gasteiger partial charge on any atom is -1.00 e. The number of aliphatic carboxylic acids is 1. The average molecular weight is 326 g/mol. The van der Waals surface area contributed by atoms with E-state index in [2.05, 4.69) is 17.2 Å². The fourth-order valence-electron chi connectivity index (χ4n) is 1.80. The first kappa shape index (κ1) is 18.9. The van der Waals surface area contributed by atoms with E-state index in [1.54, 1.807) is 11.3 Å². The van der Waals surface area contributed by atoms with Gasteiger partial charge in [-0.3, -0.25) is 4.79 Å². The molecule has 0 aliphatic rings. The van der Waals surface area contributed by atoms with Gasteiger partial charge in [0.05, 0.1) is 12.1 Å². The third kappa shape index (κ3) is 5.93. The van der Waals surface area contributed by atoms with Gasteiger partial charge >= 0.3 is 35.5 Å². The largest absolute Gasteiger partial charge is 1.00 e. The Bertz CT molecular complexity index is 654. The van der Waals surface area contributed by atoms with E-state index in [0.717, 1.165) is 22.0 Å². The smallest absolute Gasteiger partial charge is 1.00 e. The number of hydrogen-bond acceptors (Lipinski definition) is 4. The summed E-state index contributed by atoms with van der Waals surface area (Å²) in [6.45, 7) is 4.50. The molecule has 112 valence electrons. The van der Waals surface area contributed by atoms with Crippen LogP contribution in [-0.4, -0.2) is 22.6 Å². The molecule has 6 heteroatoms. The van der Waals surface area contributed by atoms with E-state index in [4.69, 9.17) is 5.11 Å². The van der Waals surface area contributed by atoms with Gasteiger partial charge in [-0.25, -0.2) is 4.98 Å². The minimum absolute atomic E-state index is 0. The fraction of sp³-hybridized carbons (Fsp3) is 0.250. The van der Waals surface area contributed by atoms with Crippen LogP contribution in [0.5, 0.6) is 0 Å². The Morgan fingerprint density at radius 1 is 1.41 bits per heavy atom. The summed E-state index contributed by atoms with van der Waals surface area (Å²) in [6.07, 6.45) is 4.12. The number of nitrogens with one attached hydrogen (secondary N) is 1. The van der Waals surface area contributed by atoms with Gasteiger partial charge in [-0.05, 0) is 37.6 Å². The monoisotopic (exact) mass is 326 g/mol. The molecule has 4 nitrogen and oxygen atoms in total.